The van der Waals surface area contributed by atoms with Gasteiger partial charge in [-0.2, -0.15) is 0 Å². The first-order chi connectivity index (χ1) is 7.33. The maximum absolute atomic E-state index is 6.19. The molecule has 0 bridgehead atoms. The summed E-state index contributed by atoms with van der Waals surface area (Å²) in [4.78, 5) is 0. The molecule has 2 rings (SSSR count). The summed E-state index contributed by atoms with van der Waals surface area (Å²) >= 11 is 7.76. The summed E-state index contributed by atoms with van der Waals surface area (Å²) in [7, 11) is 0. The van der Waals surface area contributed by atoms with Crippen LogP contribution in [0.4, 0.5) is 0 Å². The second kappa shape index (κ2) is 4.88. The van der Waals surface area contributed by atoms with Crippen molar-refractivity contribution in [2.75, 3.05) is 12.3 Å². The number of hydrogen-bond acceptors (Lipinski definition) is 4. The molecule has 5 heteroatoms. The molecule has 0 radical (unpaired) electrons. The number of thioether (sulfide) groups is 1. The molecule has 0 aliphatic rings. The molecule has 0 amide bonds. The van der Waals surface area contributed by atoms with Gasteiger partial charge >= 0.3 is 0 Å². The minimum Gasteiger partial charge on any atom is -0.356 e. The van der Waals surface area contributed by atoms with Crippen LogP contribution in [0.3, 0.4) is 0 Å². The topological polar surface area (TPSA) is 52.0 Å². The molecule has 0 spiro atoms. The van der Waals surface area contributed by atoms with Crippen LogP contribution in [-0.4, -0.2) is 17.5 Å². The van der Waals surface area contributed by atoms with Gasteiger partial charge in [0.25, 0.3) is 0 Å². The van der Waals surface area contributed by atoms with Crippen LogP contribution in [-0.2, 0) is 0 Å². The number of fused-ring (bicyclic) bond motifs is 1. The Hall–Kier alpha value is -0.710. The standard InChI is InChI=1S/C10H11ClN2OS/c11-10(15-6-5-12)9-7-3-1-2-4-8(7)14-13-9/h1-4,10H,5-6,12H2. The summed E-state index contributed by atoms with van der Waals surface area (Å²) in [6.07, 6.45) is 0. The van der Waals surface area contributed by atoms with Gasteiger partial charge in [0.1, 0.15) is 10.4 Å². The molecule has 1 atom stereocenters. The van der Waals surface area contributed by atoms with E-state index in [0.29, 0.717) is 6.54 Å². The fourth-order valence-electron chi connectivity index (χ4n) is 1.32. The first kappa shape index (κ1) is 10.8. The van der Waals surface area contributed by atoms with Crippen LogP contribution in [0.1, 0.15) is 10.4 Å². The summed E-state index contributed by atoms with van der Waals surface area (Å²) in [5.41, 5.74) is 6.97. The summed E-state index contributed by atoms with van der Waals surface area (Å²) in [6.45, 7) is 0.615. The number of para-hydroxylation sites is 1. The third-order valence-electron chi connectivity index (χ3n) is 2.00. The SMILES string of the molecule is NCCSC(Cl)c1noc2ccccc12. The normalized spacial score (nSPS) is 13.2. The van der Waals surface area contributed by atoms with E-state index < -0.39 is 0 Å². The number of alkyl halides is 1. The van der Waals surface area contributed by atoms with Crippen molar-refractivity contribution in [1.82, 2.24) is 5.16 Å². The van der Waals surface area contributed by atoms with E-state index in [1.165, 1.54) is 0 Å². The van der Waals surface area contributed by atoms with Gasteiger partial charge in [-0.1, -0.05) is 17.3 Å². The molecule has 1 aromatic heterocycles. The molecule has 0 saturated carbocycles. The van der Waals surface area contributed by atoms with E-state index in [-0.39, 0.29) is 4.71 Å². The average molecular weight is 243 g/mol. The molecule has 80 valence electrons. The lowest BCUT2D eigenvalue weighted by Gasteiger charge is -2.04. The van der Waals surface area contributed by atoms with Crippen molar-refractivity contribution in [3.8, 4) is 0 Å². The van der Waals surface area contributed by atoms with Crippen molar-refractivity contribution in [2.24, 2.45) is 5.73 Å². The number of hydrogen-bond donors (Lipinski definition) is 1. The van der Waals surface area contributed by atoms with E-state index in [4.69, 9.17) is 21.9 Å². The molecule has 15 heavy (non-hydrogen) atoms. The number of halogens is 1. The Morgan fingerprint density at radius 1 is 1.47 bits per heavy atom. The average Bonchev–Trinajstić information content (AvgIpc) is 2.69. The second-order valence-electron chi connectivity index (χ2n) is 3.04. The highest BCUT2D eigenvalue weighted by Crippen LogP contribution is 2.35. The fourth-order valence-corrected chi connectivity index (χ4v) is 2.42. The molecular weight excluding hydrogens is 232 g/mol. The Kier molecular flexibility index (Phi) is 3.51. The smallest absolute Gasteiger partial charge is 0.167 e. The minimum absolute atomic E-state index is 0.197. The predicted octanol–water partition coefficient (Wildman–Crippen LogP) is 2.76. The monoisotopic (exact) mass is 242 g/mol. The zero-order valence-corrected chi connectivity index (χ0v) is 9.59. The van der Waals surface area contributed by atoms with Crippen molar-refractivity contribution < 1.29 is 4.52 Å². The molecule has 0 aliphatic carbocycles. The van der Waals surface area contributed by atoms with Crippen LogP contribution >= 0.6 is 23.4 Å². The van der Waals surface area contributed by atoms with Crippen molar-refractivity contribution in [3.05, 3.63) is 30.0 Å². The molecule has 2 N–H and O–H groups in total. The molecule has 1 unspecified atom stereocenters. The Balaban J connectivity index is 2.27. The Morgan fingerprint density at radius 2 is 2.27 bits per heavy atom. The van der Waals surface area contributed by atoms with Gasteiger partial charge in [-0.3, -0.25) is 0 Å². The summed E-state index contributed by atoms with van der Waals surface area (Å²) in [6, 6.07) is 7.69. The van der Waals surface area contributed by atoms with Gasteiger partial charge < -0.3 is 10.3 Å². The molecule has 0 fully saturated rings. The highest BCUT2D eigenvalue weighted by atomic mass is 35.5. The zero-order chi connectivity index (χ0) is 10.7. The minimum atomic E-state index is -0.197. The Morgan fingerprint density at radius 3 is 3.07 bits per heavy atom. The third kappa shape index (κ3) is 2.27. The highest BCUT2D eigenvalue weighted by molar-refractivity contribution is 8.00. The van der Waals surface area contributed by atoms with E-state index in [2.05, 4.69) is 5.16 Å². The van der Waals surface area contributed by atoms with Crippen LogP contribution in [0.2, 0.25) is 0 Å². The maximum Gasteiger partial charge on any atom is 0.167 e. The predicted molar refractivity (Wildman–Crippen MR) is 64.1 cm³/mol. The van der Waals surface area contributed by atoms with E-state index in [1.54, 1.807) is 11.8 Å². The van der Waals surface area contributed by atoms with Crippen LogP contribution in [0, 0.1) is 0 Å². The van der Waals surface area contributed by atoms with E-state index in [1.807, 2.05) is 24.3 Å². The Bertz CT molecular complexity index is 446. The molecule has 0 saturated heterocycles. The van der Waals surface area contributed by atoms with E-state index in [9.17, 15) is 0 Å². The van der Waals surface area contributed by atoms with Crippen LogP contribution < -0.4 is 5.73 Å². The lowest BCUT2D eigenvalue weighted by atomic mass is 10.2. The molecule has 1 aromatic carbocycles. The van der Waals surface area contributed by atoms with Crippen molar-refractivity contribution in [2.45, 2.75) is 4.71 Å². The Labute approximate surface area is 96.9 Å². The number of rotatable bonds is 4. The van der Waals surface area contributed by atoms with Crippen LogP contribution in [0.25, 0.3) is 11.0 Å². The number of benzene rings is 1. The highest BCUT2D eigenvalue weighted by Gasteiger charge is 2.16. The molecule has 2 aromatic rings. The molecule has 0 aliphatic heterocycles. The first-order valence-electron chi connectivity index (χ1n) is 4.63. The van der Waals surface area contributed by atoms with Gasteiger partial charge in [0.2, 0.25) is 0 Å². The van der Waals surface area contributed by atoms with E-state index >= 15 is 0 Å². The van der Waals surface area contributed by atoms with Crippen molar-refractivity contribution in [1.29, 1.82) is 0 Å². The van der Waals surface area contributed by atoms with Crippen LogP contribution in [0.5, 0.6) is 0 Å². The van der Waals surface area contributed by atoms with Gasteiger partial charge in [-0.15, -0.1) is 23.4 Å². The van der Waals surface area contributed by atoms with Crippen LogP contribution in [0.15, 0.2) is 28.8 Å². The maximum atomic E-state index is 6.19. The van der Waals surface area contributed by atoms with Crippen molar-refractivity contribution >= 4 is 34.3 Å². The second-order valence-corrected chi connectivity index (χ2v) is 4.95. The zero-order valence-electron chi connectivity index (χ0n) is 8.02. The number of nitrogens with zero attached hydrogens (tertiary/aromatic N) is 1. The quantitative estimate of drug-likeness (QED) is 0.838. The van der Waals surface area contributed by atoms with Gasteiger partial charge in [-0.05, 0) is 12.1 Å². The molecule has 3 nitrogen and oxygen atoms in total. The first-order valence-corrected chi connectivity index (χ1v) is 6.11. The van der Waals surface area contributed by atoms with Gasteiger partial charge in [0, 0.05) is 17.7 Å². The number of nitrogens with two attached hydrogens (primary N) is 1. The lowest BCUT2D eigenvalue weighted by molar-refractivity contribution is 0.449. The summed E-state index contributed by atoms with van der Waals surface area (Å²) in [5.74, 6) is 0.815. The van der Waals surface area contributed by atoms with E-state index in [0.717, 1.165) is 22.4 Å². The van der Waals surface area contributed by atoms with Gasteiger partial charge in [0.05, 0.1) is 0 Å². The lowest BCUT2D eigenvalue weighted by Crippen LogP contribution is -2.02. The third-order valence-corrected chi connectivity index (χ3v) is 3.57. The summed E-state index contributed by atoms with van der Waals surface area (Å²) in [5, 5.41) is 4.95. The van der Waals surface area contributed by atoms with Crippen molar-refractivity contribution in [3.63, 3.8) is 0 Å². The van der Waals surface area contributed by atoms with Gasteiger partial charge in [-0.25, -0.2) is 0 Å². The summed E-state index contributed by atoms with van der Waals surface area (Å²) < 4.78 is 4.97. The van der Waals surface area contributed by atoms with Gasteiger partial charge in [0.15, 0.2) is 5.58 Å². The molecular formula is C10H11ClN2OS. The number of aromatic nitrogens is 1. The fraction of sp³-hybridized carbons (Fsp3) is 0.300. The largest absolute Gasteiger partial charge is 0.356 e. The molecule has 1 heterocycles.